The van der Waals surface area contributed by atoms with Crippen LogP contribution in [0.4, 0.5) is 4.39 Å². The van der Waals surface area contributed by atoms with Gasteiger partial charge in [-0.1, -0.05) is 34.1 Å². The number of alkyl halides is 1. The first-order valence-electron chi connectivity index (χ1n) is 4.32. The Kier molecular flexibility index (Phi) is 4.69. The number of rotatable bonds is 5. The highest BCUT2D eigenvalue weighted by Gasteiger charge is 2.07. The maximum Gasteiger partial charge on any atom is 0.221 e. The number of sulfonamides is 1. The van der Waals surface area contributed by atoms with Crippen LogP contribution in [-0.4, -0.2) is 19.6 Å². The lowest BCUT2D eigenvalue weighted by Crippen LogP contribution is -2.26. The molecule has 0 amide bonds. The van der Waals surface area contributed by atoms with Crippen LogP contribution in [0.15, 0.2) is 24.3 Å². The SMILES string of the molecule is O=S(=O)(CBr)NCCc1ccccc1F. The van der Waals surface area contributed by atoms with Crippen molar-refractivity contribution in [2.24, 2.45) is 0 Å². The zero-order chi connectivity index (χ0) is 11.3. The molecule has 0 bridgehead atoms. The summed E-state index contributed by atoms with van der Waals surface area (Å²) < 4.78 is 37.4. The first kappa shape index (κ1) is 12.6. The summed E-state index contributed by atoms with van der Waals surface area (Å²) in [5, 5.41) is 0. The van der Waals surface area contributed by atoms with E-state index in [0.29, 0.717) is 12.0 Å². The van der Waals surface area contributed by atoms with E-state index in [2.05, 4.69) is 20.7 Å². The second kappa shape index (κ2) is 5.58. The van der Waals surface area contributed by atoms with Crippen LogP contribution in [-0.2, 0) is 16.4 Å². The maximum absolute atomic E-state index is 13.1. The molecule has 1 aromatic rings. The second-order valence-corrected chi connectivity index (χ2v) is 6.07. The summed E-state index contributed by atoms with van der Waals surface area (Å²) in [6, 6.07) is 6.31. The Morgan fingerprint density at radius 2 is 2.00 bits per heavy atom. The van der Waals surface area contributed by atoms with Crippen molar-refractivity contribution in [1.82, 2.24) is 4.72 Å². The maximum atomic E-state index is 13.1. The average Bonchev–Trinajstić information content (AvgIpc) is 2.21. The summed E-state index contributed by atoms with van der Waals surface area (Å²) in [7, 11) is -3.26. The zero-order valence-electron chi connectivity index (χ0n) is 7.91. The molecule has 1 aromatic carbocycles. The van der Waals surface area contributed by atoms with Crippen LogP contribution in [0.1, 0.15) is 5.56 Å². The molecule has 0 heterocycles. The van der Waals surface area contributed by atoms with Gasteiger partial charge in [0.05, 0.1) is 0 Å². The van der Waals surface area contributed by atoms with Gasteiger partial charge in [0, 0.05) is 6.54 Å². The van der Waals surface area contributed by atoms with Crippen LogP contribution in [0, 0.1) is 5.82 Å². The molecule has 0 fully saturated rings. The van der Waals surface area contributed by atoms with Gasteiger partial charge in [0.1, 0.15) is 10.5 Å². The summed E-state index contributed by atoms with van der Waals surface area (Å²) in [5.74, 6) is -0.310. The minimum atomic E-state index is -3.26. The molecule has 0 aliphatic carbocycles. The van der Waals surface area contributed by atoms with E-state index in [1.165, 1.54) is 6.07 Å². The van der Waals surface area contributed by atoms with Crippen molar-refractivity contribution in [3.8, 4) is 0 Å². The lowest BCUT2D eigenvalue weighted by molar-refractivity contribution is 0.582. The normalized spacial score (nSPS) is 11.6. The Bertz CT molecular complexity index is 422. The molecule has 1 N–H and O–H groups in total. The monoisotopic (exact) mass is 295 g/mol. The van der Waals surface area contributed by atoms with Gasteiger partial charge in [-0.2, -0.15) is 0 Å². The molecular weight excluding hydrogens is 285 g/mol. The fraction of sp³-hybridized carbons (Fsp3) is 0.333. The summed E-state index contributed by atoms with van der Waals surface area (Å²) in [5.41, 5.74) is 0.509. The molecule has 0 unspecified atom stereocenters. The van der Waals surface area contributed by atoms with Gasteiger partial charge < -0.3 is 0 Å². The largest absolute Gasteiger partial charge is 0.221 e. The molecule has 0 saturated carbocycles. The van der Waals surface area contributed by atoms with E-state index in [4.69, 9.17) is 0 Å². The zero-order valence-corrected chi connectivity index (χ0v) is 10.3. The third-order valence-corrected chi connectivity index (χ3v) is 4.56. The molecule has 0 spiro atoms. The molecular formula is C9H11BrFNO2S. The molecule has 6 heteroatoms. The quantitative estimate of drug-likeness (QED) is 0.840. The molecule has 0 aliphatic heterocycles. The van der Waals surface area contributed by atoms with Crippen molar-refractivity contribution < 1.29 is 12.8 Å². The Hall–Kier alpha value is -0.460. The van der Waals surface area contributed by atoms with Crippen LogP contribution >= 0.6 is 15.9 Å². The number of hydrogen-bond acceptors (Lipinski definition) is 2. The summed E-state index contributed by atoms with van der Waals surface area (Å²) in [6.45, 7) is 0.203. The smallest absolute Gasteiger partial charge is 0.214 e. The number of halogens is 2. The first-order valence-corrected chi connectivity index (χ1v) is 7.09. The first-order chi connectivity index (χ1) is 7.05. The highest BCUT2D eigenvalue weighted by atomic mass is 79.9. The lowest BCUT2D eigenvalue weighted by Gasteiger charge is -2.04. The van der Waals surface area contributed by atoms with E-state index in [0.717, 1.165) is 0 Å². The van der Waals surface area contributed by atoms with Crippen molar-refractivity contribution in [1.29, 1.82) is 0 Å². The van der Waals surface area contributed by atoms with Gasteiger partial charge >= 0.3 is 0 Å². The van der Waals surface area contributed by atoms with E-state index >= 15 is 0 Å². The molecule has 0 atom stereocenters. The minimum absolute atomic E-state index is 0.142. The molecule has 0 aromatic heterocycles. The Balaban J connectivity index is 2.49. The Morgan fingerprint density at radius 1 is 1.33 bits per heavy atom. The van der Waals surface area contributed by atoms with Gasteiger partial charge in [0.25, 0.3) is 0 Å². The summed E-state index contributed by atoms with van der Waals surface area (Å²) >= 11 is 2.85. The van der Waals surface area contributed by atoms with Gasteiger partial charge in [0.15, 0.2) is 0 Å². The van der Waals surface area contributed by atoms with E-state index in [1.807, 2.05) is 0 Å². The van der Waals surface area contributed by atoms with Crippen molar-refractivity contribution >= 4 is 26.0 Å². The van der Waals surface area contributed by atoms with E-state index in [9.17, 15) is 12.8 Å². The lowest BCUT2D eigenvalue weighted by atomic mass is 10.1. The third kappa shape index (κ3) is 4.27. The van der Waals surface area contributed by atoms with Crippen LogP contribution in [0.25, 0.3) is 0 Å². The minimum Gasteiger partial charge on any atom is -0.214 e. The molecule has 84 valence electrons. The summed E-state index contributed by atoms with van der Waals surface area (Å²) in [6.07, 6.45) is 0.346. The van der Waals surface area contributed by atoms with Crippen molar-refractivity contribution in [3.63, 3.8) is 0 Å². The van der Waals surface area contributed by atoms with Gasteiger partial charge in [-0.15, -0.1) is 0 Å². The van der Waals surface area contributed by atoms with Crippen LogP contribution in [0.3, 0.4) is 0 Å². The fourth-order valence-electron chi connectivity index (χ4n) is 1.08. The number of benzene rings is 1. The van der Waals surface area contributed by atoms with Crippen LogP contribution in [0.5, 0.6) is 0 Å². The van der Waals surface area contributed by atoms with Gasteiger partial charge in [-0.05, 0) is 18.1 Å². The third-order valence-electron chi connectivity index (χ3n) is 1.82. The molecule has 1 rings (SSSR count). The predicted molar refractivity (Wildman–Crippen MR) is 60.8 cm³/mol. The van der Waals surface area contributed by atoms with Crippen LogP contribution in [0.2, 0.25) is 0 Å². The standard InChI is InChI=1S/C9H11BrFNO2S/c10-7-15(13,14)12-6-5-8-3-1-2-4-9(8)11/h1-4,12H,5-7H2. The highest BCUT2D eigenvalue weighted by molar-refractivity contribution is 9.10. The topological polar surface area (TPSA) is 46.2 Å². The van der Waals surface area contributed by atoms with Crippen molar-refractivity contribution in [2.45, 2.75) is 6.42 Å². The number of nitrogens with one attached hydrogen (secondary N) is 1. The number of hydrogen-bond donors (Lipinski definition) is 1. The van der Waals surface area contributed by atoms with Crippen molar-refractivity contribution in [2.75, 3.05) is 11.2 Å². The second-order valence-electron chi connectivity index (χ2n) is 2.96. The molecule has 15 heavy (non-hydrogen) atoms. The van der Waals surface area contributed by atoms with Crippen molar-refractivity contribution in [3.05, 3.63) is 35.6 Å². The molecule has 0 aliphatic rings. The average molecular weight is 296 g/mol. The van der Waals surface area contributed by atoms with E-state index < -0.39 is 10.0 Å². The molecule has 3 nitrogen and oxygen atoms in total. The molecule has 0 radical (unpaired) electrons. The molecule has 0 saturated heterocycles. The van der Waals surface area contributed by atoms with E-state index in [-0.39, 0.29) is 17.0 Å². The van der Waals surface area contributed by atoms with E-state index in [1.54, 1.807) is 18.2 Å². The summed E-state index contributed by atoms with van der Waals surface area (Å²) in [4.78, 5) is 0. The highest BCUT2D eigenvalue weighted by Crippen LogP contribution is 2.06. The Morgan fingerprint density at radius 3 is 2.60 bits per heavy atom. The fourth-order valence-corrected chi connectivity index (χ4v) is 2.06. The van der Waals surface area contributed by atoms with Gasteiger partial charge in [-0.3, -0.25) is 0 Å². The van der Waals surface area contributed by atoms with Gasteiger partial charge in [-0.25, -0.2) is 17.5 Å². The Labute approximate surface area is 96.9 Å². The van der Waals surface area contributed by atoms with Gasteiger partial charge in [0.2, 0.25) is 10.0 Å². The van der Waals surface area contributed by atoms with Crippen LogP contribution < -0.4 is 4.72 Å². The predicted octanol–water partition coefficient (Wildman–Crippen LogP) is 1.64.